The minimum absolute atomic E-state index is 0.180. The van der Waals surface area contributed by atoms with Gasteiger partial charge in [-0.3, -0.25) is 4.79 Å². The van der Waals surface area contributed by atoms with Gasteiger partial charge in [-0.2, -0.15) is 0 Å². The number of thioether (sulfide) groups is 1. The number of methoxy groups -OCH3 is 1. The number of amides is 1. The molecule has 1 aliphatic heterocycles. The Morgan fingerprint density at radius 1 is 1.32 bits per heavy atom. The molecule has 0 saturated carbocycles. The Hall–Kier alpha value is -2.02. The minimum atomic E-state index is 0.180. The van der Waals surface area contributed by atoms with Crippen LogP contribution in [-0.2, 0) is 11.8 Å². The number of likely N-dealkylation sites (tertiary alicyclic amines) is 1. The number of carbonyl (C=O) groups is 1. The quantitative estimate of drug-likeness (QED) is 0.767. The molecule has 25 heavy (non-hydrogen) atoms. The zero-order valence-electron chi connectivity index (χ0n) is 14.9. The summed E-state index contributed by atoms with van der Waals surface area (Å²) in [7, 11) is 3.56. The van der Waals surface area contributed by atoms with Crippen molar-refractivity contribution >= 4 is 17.7 Å². The van der Waals surface area contributed by atoms with Gasteiger partial charge in [0.15, 0.2) is 11.0 Å². The van der Waals surface area contributed by atoms with E-state index in [-0.39, 0.29) is 5.91 Å². The highest BCUT2D eigenvalue weighted by molar-refractivity contribution is 7.99. The first-order valence-electron chi connectivity index (χ1n) is 8.57. The van der Waals surface area contributed by atoms with Crippen molar-refractivity contribution in [2.45, 2.75) is 37.4 Å². The van der Waals surface area contributed by atoms with Crippen molar-refractivity contribution in [3.8, 4) is 17.1 Å². The fourth-order valence-electron chi connectivity index (χ4n) is 3.18. The number of carbonyl (C=O) groups excluding carboxylic acids is 1. The molecule has 3 rings (SSSR count). The molecular weight excluding hydrogens is 336 g/mol. The van der Waals surface area contributed by atoms with E-state index in [0.717, 1.165) is 41.7 Å². The predicted molar refractivity (Wildman–Crippen MR) is 98.7 cm³/mol. The number of piperidine rings is 1. The van der Waals surface area contributed by atoms with E-state index in [2.05, 4.69) is 17.1 Å². The molecule has 0 spiro atoms. The van der Waals surface area contributed by atoms with Crippen LogP contribution in [0.1, 0.15) is 26.2 Å². The van der Waals surface area contributed by atoms with E-state index in [4.69, 9.17) is 4.74 Å². The molecule has 0 aliphatic carbocycles. The lowest BCUT2D eigenvalue weighted by Gasteiger charge is -2.33. The van der Waals surface area contributed by atoms with Gasteiger partial charge in [-0.25, -0.2) is 0 Å². The van der Waals surface area contributed by atoms with Crippen LogP contribution in [-0.4, -0.2) is 51.0 Å². The van der Waals surface area contributed by atoms with Gasteiger partial charge < -0.3 is 14.2 Å². The zero-order chi connectivity index (χ0) is 17.8. The molecule has 0 unspecified atom stereocenters. The van der Waals surface area contributed by atoms with Gasteiger partial charge in [0.2, 0.25) is 5.91 Å². The Morgan fingerprint density at radius 2 is 2.12 bits per heavy atom. The van der Waals surface area contributed by atoms with Crippen LogP contribution in [0.5, 0.6) is 5.75 Å². The smallest absolute Gasteiger partial charge is 0.233 e. The summed E-state index contributed by atoms with van der Waals surface area (Å²) >= 11 is 1.44. The van der Waals surface area contributed by atoms with Crippen molar-refractivity contribution in [3.05, 3.63) is 24.3 Å². The van der Waals surface area contributed by atoms with Crippen LogP contribution >= 0.6 is 11.8 Å². The lowest BCUT2D eigenvalue weighted by atomic mass is 10.0. The van der Waals surface area contributed by atoms with Gasteiger partial charge in [0.05, 0.1) is 18.4 Å². The van der Waals surface area contributed by atoms with Crippen LogP contribution in [0.2, 0.25) is 0 Å². The molecule has 1 fully saturated rings. The van der Waals surface area contributed by atoms with Gasteiger partial charge in [-0.1, -0.05) is 23.9 Å². The average Bonchev–Trinajstić information content (AvgIpc) is 3.00. The zero-order valence-corrected chi connectivity index (χ0v) is 15.8. The maximum atomic E-state index is 12.5. The summed E-state index contributed by atoms with van der Waals surface area (Å²) in [5.41, 5.74) is 0.892. The van der Waals surface area contributed by atoms with Crippen molar-refractivity contribution in [3.63, 3.8) is 0 Å². The van der Waals surface area contributed by atoms with Crippen molar-refractivity contribution in [2.75, 3.05) is 19.4 Å². The first-order chi connectivity index (χ1) is 12.1. The van der Waals surface area contributed by atoms with Gasteiger partial charge in [-0.05, 0) is 38.3 Å². The van der Waals surface area contributed by atoms with Crippen LogP contribution in [0.4, 0.5) is 0 Å². The number of hydrogen-bond acceptors (Lipinski definition) is 5. The average molecular weight is 360 g/mol. The first kappa shape index (κ1) is 17.8. The Labute approximate surface area is 152 Å². The molecule has 0 bridgehead atoms. The van der Waals surface area contributed by atoms with E-state index in [9.17, 15) is 4.79 Å². The van der Waals surface area contributed by atoms with Crippen molar-refractivity contribution in [2.24, 2.45) is 7.05 Å². The molecule has 1 aromatic heterocycles. The van der Waals surface area contributed by atoms with Crippen molar-refractivity contribution < 1.29 is 9.53 Å². The molecule has 1 aromatic carbocycles. The van der Waals surface area contributed by atoms with E-state index < -0.39 is 0 Å². The number of rotatable bonds is 5. The molecule has 0 N–H and O–H groups in total. The Bertz CT molecular complexity index is 746. The largest absolute Gasteiger partial charge is 0.496 e. The van der Waals surface area contributed by atoms with E-state index in [0.29, 0.717) is 11.8 Å². The Kier molecular flexibility index (Phi) is 5.63. The number of hydrogen-bond donors (Lipinski definition) is 0. The van der Waals surface area contributed by atoms with Gasteiger partial charge in [0.25, 0.3) is 0 Å². The molecule has 7 heteroatoms. The van der Waals surface area contributed by atoms with Crippen LogP contribution < -0.4 is 4.74 Å². The van der Waals surface area contributed by atoms with E-state index >= 15 is 0 Å². The maximum absolute atomic E-state index is 12.5. The second-order valence-corrected chi connectivity index (χ2v) is 7.23. The molecular formula is C18H24N4O2S. The highest BCUT2D eigenvalue weighted by Gasteiger charge is 2.24. The summed E-state index contributed by atoms with van der Waals surface area (Å²) in [6.45, 7) is 3.00. The maximum Gasteiger partial charge on any atom is 0.233 e. The number of benzene rings is 1. The standard InChI is InChI=1S/C18H24N4O2S/c1-13-8-6-7-11-22(13)16(23)12-25-18-20-19-17(21(18)2)14-9-4-5-10-15(14)24-3/h4-5,9-10,13H,6-8,11-12H2,1-3H3/t13-/m0/s1. The van der Waals surface area contributed by atoms with Crippen LogP contribution in [0.15, 0.2) is 29.4 Å². The van der Waals surface area contributed by atoms with Crippen molar-refractivity contribution in [1.29, 1.82) is 0 Å². The summed E-state index contributed by atoms with van der Waals surface area (Å²) < 4.78 is 7.32. The number of para-hydroxylation sites is 1. The van der Waals surface area contributed by atoms with Crippen LogP contribution in [0.25, 0.3) is 11.4 Å². The molecule has 1 amide bonds. The SMILES string of the molecule is COc1ccccc1-c1nnc(SCC(=O)N2CCCC[C@@H]2C)n1C. The normalized spacial score (nSPS) is 17.6. The fourth-order valence-corrected chi connectivity index (χ4v) is 3.98. The summed E-state index contributed by atoms with van der Waals surface area (Å²) in [6.07, 6.45) is 3.41. The lowest BCUT2D eigenvalue weighted by Crippen LogP contribution is -2.42. The first-order valence-corrected chi connectivity index (χ1v) is 9.55. The molecule has 134 valence electrons. The Morgan fingerprint density at radius 3 is 2.88 bits per heavy atom. The summed E-state index contributed by atoms with van der Waals surface area (Å²) in [4.78, 5) is 14.5. The van der Waals surface area contributed by atoms with E-state index in [1.807, 2.05) is 40.8 Å². The summed E-state index contributed by atoms with van der Waals surface area (Å²) in [5, 5.41) is 9.28. The fraction of sp³-hybridized carbons (Fsp3) is 0.500. The predicted octanol–water partition coefficient (Wildman–Crippen LogP) is 2.98. The third-order valence-corrected chi connectivity index (χ3v) is 5.64. The van der Waals surface area contributed by atoms with Gasteiger partial charge in [-0.15, -0.1) is 10.2 Å². The number of nitrogens with zero attached hydrogens (tertiary/aromatic N) is 4. The summed E-state index contributed by atoms with van der Waals surface area (Å²) in [5.74, 6) is 2.06. The lowest BCUT2D eigenvalue weighted by molar-refractivity contribution is -0.131. The summed E-state index contributed by atoms with van der Waals surface area (Å²) in [6, 6.07) is 8.06. The number of ether oxygens (including phenoxy) is 1. The third-order valence-electron chi connectivity index (χ3n) is 4.63. The van der Waals surface area contributed by atoms with Gasteiger partial charge in [0, 0.05) is 19.6 Å². The minimum Gasteiger partial charge on any atom is -0.496 e. The molecule has 2 heterocycles. The third kappa shape index (κ3) is 3.81. The van der Waals surface area contributed by atoms with Gasteiger partial charge in [0.1, 0.15) is 5.75 Å². The molecule has 1 aliphatic rings. The van der Waals surface area contributed by atoms with E-state index in [1.165, 1.54) is 18.2 Å². The molecule has 2 aromatic rings. The molecule has 1 saturated heterocycles. The monoisotopic (exact) mass is 360 g/mol. The topological polar surface area (TPSA) is 60.3 Å². The van der Waals surface area contributed by atoms with Crippen molar-refractivity contribution in [1.82, 2.24) is 19.7 Å². The second kappa shape index (κ2) is 7.91. The van der Waals surface area contributed by atoms with Gasteiger partial charge >= 0.3 is 0 Å². The van der Waals surface area contributed by atoms with Crippen LogP contribution in [0, 0.1) is 0 Å². The van der Waals surface area contributed by atoms with Crippen LogP contribution in [0.3, 0.4) is 0 Å². The molecule has 0 radical (unpaired) electrons. The highest BCUT2D eigenvalue weighted by atomic mass is 32.2. The second-order valence-electron chi connectivity index (χ2n) is 6.29. The number of aromatic nitrogens is 3. The Balaban J connectivity index is 1.70. The molecule has 1 atom stereocenters. The highest BCUT2D eigenvalue weighted by Crippen LogP contribution is 2.30. The van der Waals surface area contributed by atoms with E-state index in [1.54, 1.807) is 7.11 Å². The molecule has 6 nitrogen and oxygen atoms in total.